The number of hydrogen-bond donors (Lipinski definition) is 1. The topological polar surface area (TPSA) is 29.3 Å². The van der Waals surface area contributed by atoms with Crippen molar-refractivity contribution in [1.82, 2.24) is 4.90 Å². The van der Waals surface area contributed by atoms with E-state index in [1.165, 1.54) is 23.1 Å². The van der Waals surface area contributed by atoms with Gasteiger partial charge in [-0.05, 0) is 54.3 Å². The molecule has 1 aliphatic heterocycles. The smallest absolute Gasteiger partial charge is 0.0418 e. The Kier molecular flexibility index (Phi) is 3.18. The van der Waals surface area contributed by atoms with Crippen molar-refractivity contribution in [3.05, 3.63) is 57.3 Å². The van der Waals surface area contributed by atoms with E-state index in [1.807, 2.05) is 11.3 Å². The van der Waals surface area contributed by atoms with Crippen LogP contribution in [0.3, 0.4) is 0 Å². The monoisotopic (exact) mass is 298 g/mol. The lowest BCUT2D eigenvalue weighted by atomic mass is 9.87. The maximum atomic E-state index is 6.30. The highest BCUT2D eigenvalue weighted by Gasteiger charge is 2.44. The minimum Gasteiger partial charge on any atom is -0.329 e. The van der Waals surface area contributed by atoms with Crippen molar-refractivity contribution in [2.24, 2.45) is 5.73 Å². The number of thiophene rings is 1. The molecule has 2 aromatic rings. The van der Waals surface area contributed by atoms with Crippen LogP contribution in [0.25, 0.3) is 0 Å². The molecule has 2 N–H and O–H groups in total. The third kappa shape index (κ3) is 1.99. The number of fused-ring (bicyclic) bond motifs is 2. The van der Waals surface area contributed by atoms with Crippen LogP contribution in [0.4, 0.5) is 0 Å². The Bertz CT molecular complexity index is 636. The minimum absolute atomic E-state index is 0.114. The summed E-state index contributed by atoms with van der Waals surface area (Å²) in [7, 11) is 0. The molecule has 0 spiro atoms. The van der Waals surface area contributed by atoms with Gasteiger partial charge >= 0.3 is 0 Å². The lowest BCUT2D eigenvalue weighted by Gasteiger charge is -2.46. The van der Waals surface area contributed by atoms with E-state index in [0.717, 1.165) is 25.9 Å². The largest absolute Gasteiger partial charge is 0.329 e. The summed E-state index contributed by atoms with van der Waals surface area (Å²) in [6.07, 6.45) is 3.38. The quantitative estimate of drug-likeness (QED) is 0.923. The number of rotatable bonds is 2. The number of nitrogens with two attached hydrogens (primary N) is 1. The van der Waals surface area contributed by atoms with E-state index in [2.05, 4.69) is 47.5 Å². The highest BCUT2D eigenvalue weighted by atomic mass is 32.1. The van der Waals surface area contributed by atoms with Crippen molar-refractivity contribution in [2.75, 3.05) is 13.1 Å². The predicted octanol–water partition coefficient (Wildman–Crippen LogP) is 3.16. The second-order valence-corrected chi connectivity index (χ2v) is 7.47. The Balaban J connectivity index is 1.70. The van der Waals surface area contributed by atoms with Gasteiger partial charge in [-0.25, -0.2) is 0 Å². The maximum Gasteiger partial charge on any atom is 0.0418 e. The first-order valence-electron chi connectivity index (χ1n) is 7.83. The van der Waals surface area contributed by atoms with Crippen molar-refractivity contribution in [3.63, 3.8) is 0 Å². The molecule has 4 rings (SSSR count). The molecule has 21 heavy (non-hydrogen) atoms. The Labute approximate surface area is 130 Å². The number of nitrogens with zero attached hydrogens (tertiary/aromatic N) is 1. The molecule has 0 fully saturated rings. The standard InChI is InChI=1S/C18H22N2S/c1-13-16-7-9-21-17(16)6-8-20(13)18(12-19)10-14-4-2-3-5-15(14)11-18/h2-5,7,9,13H,6,8,10-12,19H2,1H3. The average molecular weight is 298 g/mol. The highest BCUT2D eigenvalue weighted by Crippen LogP contribution is 2.42. The number of hydrogen-bond acceptors (Lipinski definition) is 3. The molecule has 1 aromatic heterocycles. The van der Waals surface area contributed by atoms with Crippen LogP contribution in [0.15, 0.2) is 35.7 Å². The van der Waals surface area contributed by atoms with Crippen LogP contribution in [0.2, 0.25) is 0 Å². The maximum absolute atomic E-state index is 6.30. The van der Waals surface area contributed by atoms with E-state index in [1.54, 1.807) is 4.88 Å². The van der Waals surface area contributed by atoms with Crippen LogP contribution >= 0.6 is 11.3 Å². The van der Waals surface area contributed by atoms with Crippen LogP contribution in [0.1, 0.15) is 34.5 Å². The lowest BCUT2D eigenvalue weighted by Crippen LogP contribution is -2.57. The molecule has 2 nitrogen and oxygen atoms in total. The van der Waals surface area contributed by atoms with Crippen molar-refractivity contribution in [2.45, 2.75) is 37.8 Å². The summed E-state index contributed by atoms with van der Waals surface area (Å²) in [6, 6.07) is 11.7. The third-order valence-corrected chi connectivity index (χ3v) is 6.42. The summed E-state index contributed by atoms with van der Waals surface area (Å²) < 4.78 is 0. The Morgan fingerprint density at radius 1 is 1.24 bits per heavy atom. The zero-order valence-corrected chi connectivity index (χ0v) is 13.3. The third-order valence-electron chi connectivity index (χ3n) is 5.42. The van der Waals surface area contributed by atoms with E-state index < -0.39 is 0 Å². The fraction of sp³-hybridized carbons (Fsp3) is 0.444. The molecule has 2 heterocycles. The molecule has 1 atom stereocenters. The van der Waals surface area contributed by atoms with Gasteiger partial charge in [0.05, 0.1) is 0 Å². The first-order valence-corrected chi connectivity index (χ1v) is 8.71. The number of benzene rings is 1. The van der Waals surface area contributed by atoms with Crippen LogP contribution in [0, 0.1) is 0 Å². The molecular formula is C18H22N2S. The van der Waals surface area contributed by atoms with Gasteiger partial charge in [-0.1, -0.05) is 24.3 Å². The van der Waals surface area contributed by atoms with Gasteiger partial charge in [-0.15, -0.1) is 11.3 Å². The summed E-state index contributed by atoms with van der Waals surface area (Å²) in [5.41, 5.74) is 10.9. The SMILES string of the molecule is CC1c2ccsc2CCN1C1(CN)Cc2ccccc2C1. The average Bonchev–Trinajstić information content (AvgIpc) is 3.12. The fourth-order valence-electron chi connectivity index (χ4n) is 4.30. The molecule has 0 bridgehead atoms. The molecule has 1 aliphatic carbocycles. The first kappa shape index (κ1) is 13.5. The molecule has 2 aliphatic rings. The van der Waals surface area contributed by atoms with Gasteiger partial charge in [0.15, 0.2) is 0 Å². The van der Waals surface area contributed by atoms with Gasteiger partial charge < -0.3 is 5.73 Å². The van der Waals surface area contributed by atoms with Crippen molar-refractivity contribution >= 4 is 11.3 Å². The minimum atomic E-state index is 0.114. The van der Waals surface area contributed by atoms with Crippen LogP contribution in [-0.2, 0) is 19.3 Å². The molecule has 0 radical (unpaired) electrons. The lowest BCUT2D eigenvalue weighted by molar-refractivity contribution is 0.0548. The molecule has 3 heteroatoms. The molecule has 0 saturated heterocycles. The van der Waals surface area contributed by atoms with Crippen molar-refractivity contribution in [3.8, 4) is 0 Å². The van der Waals surface area contributed by atoms with Crippen LogP contribution in [-0.4, -0.2) is 23.5 Å². The summed E-state index contributed by atoms with van der Waals surface area (Å²) >= 11 is 1.91. The second-order valence-electron chi connectivity index (χ2n) is 6.47. The van der Waals surface area contributed by atoms with E-state index in [9.17, 15) is 0 Å². The molecule has 110 valence electrons. The van der Waals surface area contributed by atoms with Crippen LogP contribution in [0.5, 0.6) is 0 Å². The van der Waals surface area contributed by atoms with Crippen LogP contribution < -0.4 is 5.73 Å². The van der Waals surface area contributed by atoms with E-state index in [0.29, 0.717) is 6.04 Å². The van der Waals surface area contributed by atoms with Gasteiger partial charge in [0.1, 0.15) is 0 Å². The molecule has 0 amide bonds. The van der Waals surface area contributed by atoms with E-state index >= 15 is 0 Å². The van der Waals surface area contributed by atoms with E-state index in [-0.39, 0.29) is 5.54 Å². The summed E-state index contributed by atoms with van der Waals surface area (Å²) in [5, 5.41) is 2.24. The highest BCUT2D eigenvalue weighted by molar-refractivity contribution is 7.10. The van der Waals surface area contributed by atoms with Gasteiger partial charge in [-0.2, -0.15) is 0 Å². The second kappa shape index (κ2) is 4.94. The Hall–Kier alpha value is -1.16. The molecule has 1 aromatic carbocycles. The molecule has 1 unspecified atom stereocenters. The van der Waals surface area contributed by atoms with Gasteiger partial charge in [0.2, 0.25) is 0 Å². The zero-order valence-electron chi connectivity index (χ0n) is 12.5. The Morgan fingerprint density at radius 2 is 1.95 bits per heavy atom. The van der Waals surface area contributed by atoms with Crippen molar-refractivity contribution in [1.29, 1.82) is 0 Å². The fourth-order valence-corrected chi connectivity index (χ4v) is 5.26. The predicted molar refractivity (Wildman–Crippen MR) is 88.8 cm³/mol. The summed E-state index contributed by atoms with van der Waals surface area (Å²) in [6.45, 7) is 4.23. The zero-order chi connectivity index (χ0) is 14.4. The van der Waals surface area contributed by atoms with Gasteiger partial charge in [0.25, 0.3) is 0 Å². The summed E-state index contributed by atoms with van der Waals surface area (Å²) in [5.74, 6) is 0. The molecular weight excluding hydrogens is 276 g/mol. The van der Waals surface area contributed by atoms with Crippen molar-refractivity contribution < 1.29 is 0 Å². The first-order chi connectivity index (χ1) is 10.2. The normalized spacial score (nSPS) is 23.8. The summed E-state index contributed by atoms with van der Waals surface area (Å²) in [4.78, 5) is 4.25. The van der Waals surface area contributed by atoms with E-state index in [4.69, 9.17) is 5.73 Å². The Morgan fingerprint density at radius 3 is 2.62 bits per heavy atom. The molecule has 0 saturated carbocycles. The van der Waals surface area contributed by atoms with Gasteiger partial charge in [-0.3, -0.25) is 4.90 Å². The van der Waals surface area contributed by atoms with Gasteiger partial charge in [0, 0.05) is 29.5 Å².